The van der Waals surface area contributed by atoms with Gasteiger partial charge < -0.3 is 29.7 Å². The molecule has 0 unspecified atom stereocenters. The van der Waals surface area contributed by atoms with E-state index >= 15 is 0 Å². The summed E-state index contributed by atoms with van der Waals surface area (Å²) in [4.78, 5) is 9.27. The minimum absolute atomic E-state index is 0.682. The second-order valence-corrected chi connectivity index (χ2v) is 7.57. The number of ether oxygens (including phenoxy) is 3. The summed E-state index contributed by atoms with van der Waals surface area (Å²) in [5.41, 5.74) is 2.16. The largest absolute Gasteiger partial charge is 0.497 e. The Kier molecular flexibility index (Phi) is 8.86. The average molecular weight is 442 g/mol. The number of guanidine groups is 1. The highest BCUT2D eigenvalue weighted by atomic mass is 16.5. The van der Waals surface area contributed by atoms with Crippen molar-refractivity contribution in [3.8, 4) is 17.2 Å². The normalized spacial score (nSPS) is 14.8. The molecule has 1 aliphatic rings. The van der Waals surface area contributed by atoms with Crippen molar-refractivity contribution >= 4 is 17.3 Å². The Morgan fingerprint density at radius 1 is 0.906 bits per heavy atom. The zero-order valence-corrected chi connectivity index (χ0v) is 19.6. The lowest BCUT2D eigenvalue weighted by Gasteiger charge is -2.36. The van der Waals surface area contributed by atoms with E-state index in [2.05, 4.69) is 37.6 Å². The molecule has 1 aliphatic heterocycles. The van der Waals surface area contributed by atoms with Crippen LogP contribution in [0.4, 0.5) is 11.4 Å². The van der Waals surface area contributed by atoms with E-state index in [9.17, 15) is 0 Å². The van der Waals surface area contributed by atoms with Crippen molar-refractivity contribution in [2.24, 2.45) is 4.99 Å². The van der Waals surface area contributed by atoms with Gasteiger partial charge in [-0.15, -0.1) is 0 Å². The van der Waals surface area contributed by atoms with Gasteiger partial charge in [0.15, 0.2) is 17.5 Å². The molecule has 8 nitrogen and oxygen atoms in total. The van der Waals surface area contributed by atoms with Crippen LogP contribution in [0.2, 0.25) is 0 Å². The first-order chi connectivity index (χ1) is 15.7. The molecular formula is C24H35N5O3. The molecule has 0 amide bonds. The molecule has 3 rings (SSSR count). The number of methoxy groups -OCH3 is 3. The molecule has 0 atom stereocenters. The lowest BCUT2D eigenvalue weighted by molar-refractivity contribution is 0.255. The Morgan fingerprint density at radius 3 is 2.25 bits per heavy atom. The van der Waals surface area contributed by atoms with Crippen LogP contribution in [-0.4, -0.2) is 78.5 Å². The lowest BCUT2D eigenvalue weighted by atomic mass is 10.2. The Bertz CT molecular complexity index is 864. The second kappa shape index (κ2) is 12.0. The van der Waals surface area contributed by atoms with E-state index in [0.29, 0.717) is 11.5 Å². The summed E-state index contributed by atoms with van der Waals surface area (Å²) in [6, 6.07) is 14.0. The molecule has 0 spiro atoms. The molecule has 1 fully saturated rings. The van der Waals surface area contributed by atoms with Crippen LogP contribution in [0.25, 0.3) is 0 Å². The minimum atomic E-state index is 0.682. The highest BCUT2D eigenvalue weighted by molar-refractivity contribution is 5.93. The third-order valence-corrected chi connectivity index (χ3v) is 5.62. The summed E-state index contributed by atoms with van der Waals surface area (Å²) >= 11 is 0. The van der Waals surface area contributed by atoms with E-state index < -0.39 is 0 Å². The number of hydrogen-bond donors (Lipinski definition) is 2. The van der Waals surface area contributed by atoms with E-state index in [-0.39, 0.29) is 0 Å². The van der Waals surface area contributed by atoms with Gasteiger partial charge in [0.25, 0.3) is 0 Å². The number of piperazine rings is 1. The molecule has 0 radical (unpaired) electrons. The zero-order chi connectivity index (χ0) is 22.8. The predicted molar refractivity (Wildman–Crippen MR) is 131 cm³/mol. The topological polar surface area (TPSA) is 70.6 Å². The molecule has 2 aromatic rings. The van der Waals surface area contributed by atoms with Crippen molar-refractivity contribution in [3.63, 3.8) is 0 Å². The molecule has 32 heavy (non-hydrogen) atoms. The Morgan fingerprint density at radius 2 is 1.62 bits per heavy atom. The smallest absolute Gasteiger partial charge is 0.195 e. The summed E-state index contributed by atoms with van der Waals surface area (Å²) in [6.45, 7) is 6.16. The van der Waals surface area contributed by atoms with Crippen molar-refractivity contribution in [2.75, 3.05) is 77.9 Å². The van der Waals surface area contributed by atoms with E-state index in [0.717, 1.165) is 63.1 Å². The molecule has 0 aromatic heterocycles. The maximum absolute atomic E-state index is 5.36. The van der Waals surface area contributed by atoms with Gasteiger partial charge in [0.05, 0.1) is 21.3 Å². The summed E-state index contributed by atoms with van der Waals surface area (Å²) in [6.07, 6.45) is 1.05. The van der Waals surface area contributed by atoms with Crippen LogP contribution in [0.5, 0.6) is 17.2 Å². The van der Waals surface area contributed by atoms with Crippen LogP contribution in [-0.2, 0) is 0 Å². The highest BCUT2D eigenvalue weighted by Crippen LogP contribution is 2.29. The molecule has 174 valence electrons. The molecule has 2 aromatic carbocycles. The van der Waals surface area contributed by atoms with Gasteiger partial charge in [0, 0.05) is 57.2 Å². The van der Waals surface area contributed by atoms with Crippen LogP contribution in [0.1, 0.15) is 6.42 Å². The monoisotopic (exact) mass is 441 g/mol. The van der Waals surface area contributed by atoms with Gasteiger partial charge in [-0.05, 0) is 49.4 Å². The van der Waals surface area contributed by atoms with Crippen LogP contribution in [0, 0.1) is 0 Å². The van der Waals surface area contributed by atoms with Crippen molar-refractivity contribution in [2.45, 2.75) is 6.42 Å². The van der Waals surface area contributed by atoms with Crippen LogP contribution in [0.3, 0.4) is 0 Å². The third kappa shape index (κ3) is 6.43. The minimum Gasteiger partial charge on any atom is -0.497 e. The van der Waals surface area contributed by atoms with Crippen molar-refractivity contribution in [1.29, 1.82) is 0 Å². The lowest BCUT2D eigenvalue weighted by Crippen LogP contribution is -2.47. The van der Waals surface area contributed by atoms with E-state index in [1.165, 1.54) is 5.69 Å². The van der Waals surface area contributed by atoms with Crippen LogP contribution in [0.15, 0.2) is 47.5 Å². The second-order valence-electron chi connectivity index (χ2n) is 7.57. The fourth-order valence-electron chi connectivity index (χ4n) is 3.76. The fourth-order valence-corrected chi connectivity index (χ4v) is 3.76. The Labute approximate surface area is 191 Å². The standard InChI is InChI=1S/C24H35N5O3/c1-25-24(27-19-6-11-22(31-3)23(18-19)32-4)26-12-5-13-28-14-16-29(17-15-28)20-7-9-21(30-2)10-8-20/h6-11,18H,5,12-17H2,1-4H3,(H2,25,26,27). The number of hydrogen-bond acceptors (Lipinski definition) is 6. The van der Waals surface area contributed by atoms with Crippen LogP contribution >= 0.6 is 0 Å². The summed E-state index contributed by atoms with van der Waals surface area (Å²) in [5.74, 6) is 3.02. The molecule has 2 N–H and O–H groups in total. The van der Waals surface area contributed by atoms with Gasteiger partial charge in [-0.3, -0.25) is 9.89 Å². The fraction of sp³-hybridized carbons (Fsp3) is 0.458. The van der Waals surface area contributed by atoms with Crippen molar-refractivity contribution in [1.82, 2.24) is 10.2 Å². The zero-order valence-electron chi connectivity index (χ0n) is 19.6. The van der Waals surface area contributed by atoms with Crippen molar-refractivity contribution < 1.29 is 14.2 Å². The van der Waals surface area contributed by atoms with Crippen LogP contribution < -0.4 is 29.7 Å². The maximum atomic E-state index is 5.36. The number of aliphatic imine (C=N–C) groups is 1. The molecule has 1 saturated heterocycles. The van der Waals surface area contributed by atoms with Gasteiger partial charge in [0.1, 0.15) is 5.75 Å². The third-order valence-electron chi connectivity index (χ3n) is 5.62. The quantitative estimate of drug-likeness (QED) is 0.352. The number of nitrogens with zero attached hydrogens (tertiary/aromatic N) is 3. The first kappa shape index (κ1) is 23.5. The molecule has 0 saturated carbocycles. The van der Waals surface area contributed by atoms with E-state index in [1.54, 1.807) is 28.4 Å². The van der Waals surface area contributed by atoms with Gasteiger partial charge in [-0.25, -0.2) is 0 Å². The number of anilines is 2. The summed E-state index contributed by atoms with van der Waals surface area (Å²) in [5, 5.41) is 6.69. The Balaban J connectivity index is 1.37. The SMILES string of the molecule is CN=C(NCCCN1CCN(c2ccc(OC)cc2)CC1)Nc1ccc(OC)c(OC)c1. The molecule has 0 aliphatic carbocycles. The summed E-state index contributed by atoms with van der Waals surface area (Å²) in [7, 11) is 6.73. The van der Waals surface area contributed by atoms with E-state index in [4.69, 9.17) is 14.2 Å². The van der Waals surface area contributed by atoms with Gasteiger partial charge in [-0.2, -0.15) is 0 Å². The highest BCUT2D eigenvalue weighted by Gasteiger charge is 2.17. The number of rotatable bonds is 9. The maximum Gasteiger partial charge on any atom is 0.195 e. The van der Waals surface area contributed by atoms with Gasteiger partial charge in [0.2, 0.25) is 0 Å². The Hall–Kier alpha value is -3.13. The van der Waals surface area contributed by atoms with Crippen molar-refractivity contribution in [3.05, 3.63) is 42.5 Å². The summed E-state index contributed by atoms with van der Waals surface area (Å²) < 4.78 is 15.9. The molecule has 0 bridgehead atoms. The average Bonchev–Trinajstić information content (AvgIpc) is 2.86. The molecule has 1 heterocycles. The van der Waals surface area contributed by atoms with E-state index in [1.807, 2.05) is 30.3 Å². The van der Waals surface area contributed by atoms with Gasteiger partial charge in [-0.1, -0.05) is 0 Å². The molecule has 8 heteroatoms. The first-order valence-electron chi connectivity index (χ1n) is 11.0. The molecular weight excluding hydrogens is 406 g/mol. The number of benzene rings is 2. The van der Waals surface area contributed by atoms with Gasteiger partial charge >= 0.3 is 0 Å². The predicted octanol–water partition coefficient (Wildman–Crippen LogP) is 2.91. The first-order valence-corrected chi connectivity index (χ1v) is 11.0. The number of nitrogens with one attached hydrogen (secondary N) is 2.